The van der Waals surface area contributed by atoms with Gasteiger partial charge in [0.25, 0.3) is 0 Å². The van der Waals surface area contributed by atoms with Gasteiger partial charge in [0.1, 0.15) is 0 Å². The average molecular weight is 228 g/mol. The molecule has 2 nitrogen and oxygen atoms in total. The lowest BCUT2D eigenvalue weighted by molar-refractivity contribution is 0.0989. The Bertz CT molecular complexity index is 352. The van der Waals surface area contributed by atoms with Crippen molar-refractivity contribution in [3.63, 3.8) is 0 Å². The first kappa shape index (κ1) is 12.0. The summed E-state index contributed by atoms with van der Waals surface area (Å²) in [5, 5.41) is 0. The number of hydrogen-bond donors (Lipinski definition) is 0. The normalized spacial score (nSPS) is 10.1. The van der Waals surface area contributed by atoms with Gasteiger partial charge in [0.15, 0.2) is 17.3 Å². The molecular weight excluding hydrogens is 215 g/mol. The van der Waals surface area contributed by atoms with Crippen molar-refractivity contribution in [2.75, 3.05) is 19.1 Å². The van der Waals surface area contributed by atoms with Crippen molar-refractivity contribution in [2.24, 2.45) is 0 Å². The summed E-state index contributed by atoms with van der Waals surface area (Å²) in [4.78, 5) is 11.6. The Kier molecular flexibility index (Phi) is 4.62. The fraction of sp³-hybridized carbons (Fsp3) is 0.364. The van der Waals surface area contributed by atoms with Crippen LogP contribution in [0.25, 0.3) is 0 Å². The van der Waals surface area contributed by atoms with Gasteiger partial charge in [0.2, 0.25) is 0 Å². The molecule has 0 spiro atoms. The number of hydrogen-bond acceptors (Lipinski definition) is 3. The van der Waals surface area contributed by atoms with Crippen LogP contribution >= 0.6 is 11.8 Å². The van der Waals surface area contributed by atoms with E-state index < -0.39 is 5.82 Å². The summed E-state index contributed by atoms with van der Waals surface area (Å²) in [6, 6.07) is 4.18. The summed E-state index contributed by atoms with van der Waals surface area (Å²) < 4.78 is 17.9. The number of carbonyl (C=O) groups excluding carboxylic acids is 1. The number of methoxy groups -OCH3 is 1. The molecule has 0 amide bonds. The van der Waals surface area contributed by atoms with Gasteiger partial charge >= 0.3 is 0 Å². The van der Waals surface area contributed by atoms with E-state index in [1.807, 2.05) is 6.26 Å². The van der Waals surface area contributed by atoms with E-state index in [9.17, 15) is 9.18 Å². The smallest absolute Gasteiger partial charge is 0.165 e. The summed E-state index contributed by atoms with van der Waals surface area (Å²) in [6.45, 7) is 0. The van der Waals surface area contributed by atoms with Gasteiger partial charge in [0, 0.05) is 17.7 Å². The number of thioether (sulfide) groups is 1. The van der Waals surface area contributed by atoms with Crippen molar-refractivity contribution in [2.45, 2.75) is 6.42 Å². The van der Waals surface area contributed by atoms with Gasteiger partial charge in [0.05, 0.1) is 7.11 Å². The van der Waals surface area contributed by atoms with E-state index in [0.717, 1.165) is 5.75 Å². The van der Waals surface area contributed by atoms with Crippen molar-refractivity contribution >= 4 is 17.5 Å². The summed E-state index contributed by atoms with van der Waals surface area (Å²) >= 11 is 1.61. The minimum atomic E-state index is -0.445. The van der Waals surface area contributed by atoms with Crippen LogP contribution in [0.3, 0.4) is 0 Å². The number of carbonyl (C=O) groups is 1. The lowest BCUT2D eigenvalue weighted by atomic mass is 10.1. The van der Waals surface area contributed by atoms with E-state index >= 15 is 0 Å². The van der Waals surface area contributed by atoms with Crippen LogP contribution in [-0.4, -0.2) is 24.9 Å². The van der Waals surface area contributed by atoms with Gasteiger partial charge in [-0.15, -0.1) is 0 Å². The van der Waals surface area contributed by atoms with E-state index in [1.165, 1.54) is 25.3 Å². The lowest BCUT2D eigenvalue weighted by Crippen LogP contribution is -2.01. The molecule has 0 aliphatic carbocycles. The van der Waals surface area contributed by atoms with E-state index in [1.54, 1.807) is 11.8 Å². The van der Waals surface area contributed by atoms with Crippen molar-refractivity contribution in [1.82, 2.24) is 0 Å². The molecule has 0 N–H and O–H groups in total. The SMILES string of the molecule is COc1cc(C(=O)CCSC)ccc1F. The molecule has 82 valence electrons. The molecule has 0 atom stereocenters. The summed E-state index contributed by atoms with van der Waals surface area (Å²) in [5.74, 6) is 0.463. The second-order valence-electron chi connectivity index (χ2n) is 3.02. The number of ether oxygens (including phenoxy) is 1. The number of ketones is 1. The first-order chi connectivity index (χ1) is 7.19. The molecule has 1 aromatic rings. The molecule has 1 aromatic carbocycles. The third-order valence-electron chi connectivity index (χ3n) is 2.01. The van der Waals surface area contributed by atoms with Crippen LogP contribution < -0.4 is 4.74 Å². The predicted octanol–water partition coefficient (Wildman–Crippen LogP) is 2.77. The van der Waals surface area contributed by atoms with Gasteiger partial charge in [-0.3, -0.25) is 4.79 Å². The zero-order valence-corrected chi connectivity index (χ0v) is 9.57. The number of rotatable bonds is 5. The molecule has 0 saturated carbocycles. The molecule has 0 saturated heterocycles. The Morgan fingerprint density at radius 3 is 2.87 bits per heavy atom. The molecule has 0 bridgehead atoms. The fourth-order valence-electron chi connectivity index (χ4n) is 1.17. The summed E-state index contributed by atoms with van der Waals surface area (Å²) in [5.41, 5.74) is 0.502. The average Bonchev–Trinajstić information content (AvgIpc) is 2.26. The largest absolute Gasteiger partial charge is 0.494 e. The fourth-order valence-corrected chi connectivity index (χ4v) is 1.56. The monoisotopic (exact) mass is 228 g/mol. The van der Waals surface area contributed by atoms with Crippen LogP contribution in [0.2, 0.25) is 0 Å². The van der Waals surface area contributed by atoms with Gasteiger partial charge in [-0.2, -0.15) is 11.8 Å². The Labute approximate surface area is 92.8 Å². The van der Waals surface area contributed by atoms with Crippen LogP contribution in [0, 0.1) is 5.82 Å². The molecule has 0 fully saturated rings. The zero-order valence-electron chi connectivity index (χ0n) is 8.75. The Balaban J connectivity index is 2.81. The molecule has 15 heavy (non-hydrogen) atoms. The van der Waals surface area contributed by atoms with Crippen LogP contribution in [0.4, 0.5) is 4.39 Å². The third-order valence-corrected chi connectivity index (χ3v) is 2.62. The van der Waals surface area contributed by atoms with E-state index in [-0.39, 0.29) is 11.5 Å². The van der Waals surface area contributed by atoms with Gasteiger partial charge in [-0.25, -0.2) is 4.39 Å². The third kappa shape index (κ3) is 3.23. The topological polar surface area (TPSA) is 26.3 Å². The highest BCUT2D eigenvalue weighted by molar-refractivity contribution is 7.98. The molecule has 0 radical (unpaired) electrons. The minimum Gasteiger partial charge on any atom is -0.494 e. The molecule has 0 aromatic heterocycles. The highest BCUT2D eigenvalue weighted by Crippen LogP contribution is 2.19. The van der Waals surface area contributed by atoms with Crippen LogP contribution in [0.5, 0.6) is 5.75 Å². The Morgan fingerprint density at radius 1 is 1.53 bits per heavy atom. The molecule has 0 unspecified atom stereocenters. The zero-order chi connectivity index (χ0) is 11.3. The molecule has 0 aliphatic heterocycles. The van der Waals surface area contributed by atoms with Crippen molar-refractivity contribution < 1.29 is 13.9 Å². The second-order valence-corrected chi connectivity index (χ2v) is 4.00. The predicted molar refractivity (Wildman–Crippen MR) is 60.3 cm³/mol. The highest BCUT2D eigenvalue weighted by Gasteiger charge is 2.09. The summed E-state index contributed by atoms with van der Waals surface area (Å²) in [6.07, 6.45) is 2.41. The number of halogens is 1. The van der Waals surface area contributed by atoms with Gasteiger partial charge in [-0.1, -0.05) is 0 Å². The van der Waals surface area contributed by atoms with Gasteiger partial charge < -0.3 is 4.74 Å². The van der Waals surface area contributed by atoms with Gasteiger partial charge in [-0.05, 0) is 24.5 Å². The molecule has 0 aliphatic rings. The maximum Gasteiger partial charge on any atom is 0.165 e. The van der Waals surface area contributed by atoms with Crippen molar-refractivity contribution in [3.05, 3.63) is 29.6 Å². The second kappa shape index (κ2) is 5.75. The maximum atomic E-state index is 13.0. The molecule has 4 heteroatoms. The standard InChI is InChI=1S/C11H13FO2S/c1-14-11-7-8(3-4-9(11)12)10(13)5-6-15-2/h3-4,7H,5-6H2,1-2H3. The number of benzene rings is 1. The van der Waals surface area contributed by atoms with Crippen LogP contribution in [0.15, 0.2) is 18.2 Å². The summed E-state index contributed by atoms with van der Waals surface area (Å²) in [7, 11) is 1.38. The first-order valence-electron chi connectivity index (χ1n) is 4.54. The van der Waals surface area contributed by atoms with E-state index in [2.05, 4.69) is 0 Å². The highest BCUT2D eigenvalue weighted by atomic mass is 32.2. The minimum absolute atomic E-state index is 0.0163. The molecular formula is C11H13FO2S. The Hall–Kier alpha value is -1.03. The molecule has 1 rings (SSSR count). The first-order valence-corrected chi connectivity index (χ1v) is 5.94. The van der Waals surface area contributed by atoms with Crippen LogP contribution in [-0.2, 0) is 0 Å². The quantitative estimate of drug-likeness (QED) is 0.725. The maximum absolute atomic E-state index is 13.0. The van der Waals surface area contributed by atoms with E-state index in [4.69, 9.17) is 4.74 Å². The number of Topliss-reactive ketones (excluding diaryl/α,β-unsaturated/α-hetero) is 1. The molecule has 0 heterocycles. The van der Waals surface area contributed by atoms with Crippen molar-refractivity contribution in [1.29, 1.82) is 0 Å². The van der Waals surface area contributed by atoms with Crippen LogP contribution in [0.1, 0.15) is 16.8 Å². The lowest BCUT2D eigenvalue weighted by Gasteiger charge is -2.04. The van der Waals surface area contributed by atoms with E-state index in [0.29, 0.717) is 12.0 Å². The Morgan fingerprint density at radius 2 is 2.27 bits per heavy atom. The van der Waals surface area contributed by atoms with Crippen molar-refractivity contribution in [3.8, 4) is 5.75 Å².